The molecular formula is C15H15N3OS. The summed E-state index contributed by atoms with van der Waals surface area (Å²) in [5.74, 6) is 0.771. The van der Waals surface area contributed by atoms with Crippen molar-refractivity contribution >= 4 is 21.6 Å². The third kappa shape index (κ3) is 1.86. The lowest BCUT2D eigenvalue weighted by Crippen LogP contribution is -2.22. The molecule has 0 aliphatic carbocycles. The van der Waals surface area contributed by atoms with Gasteiger partial charge >= 0.3 is 0 Å². The van der Waals surface area contributed by atoms with E-state index in [0.29, 0.717) is 6.54 Å². The first-order valence-corrected chi connectivity index (χ1v) is 7.36. The first kappa shape index (κ1) is 13.0. The van der Waals surface area contributed by atoms with Crippen LogP contribution in [-0.2, 0) is 6.54 Å². The lowest BCUT2D eigenvalue weighted by molar-refractivity contribution is 0.686. The van der Waals surface area contributed by atoms with Gasteiger partial charge in [-0.05, 0) is 44.0 Å². The van der Waals surface area contributed by atoms with Crippen LogP contribution in [0.25, 0.3) is 20.7 Å². The summed E-state index contributed by atoms with van der Waals surface area (Å²) in [6.45, 7) is 6.49. The van der Waals surface area contributed by atoms with Crippen molar-refractivity contribution in [1.29, 1.82) is 0 Å². The molecule has 0 N–H and O–H groups in total. The van der Waals surface area contributed by atoms with Gasteiger partial charge in [-0.2, -0.15) is 0 Å². The summed E-state index contributed by atoms with van der Waals surface area (Å²) in [6.07, 6.45) is 3.53. The lowest BCUT2D eigenvalue weighted by Gasteiger charge is -2.05. The predicted molar refractivity (Wildman–Crippen MR) is 82.3 cm³/mol. The van der Waals surface area contributed by atoms with Gasteiger partial charge in [-0.15, -0.1) is 11.3 Å². The molecule has 20 heavy (non-hydrogen) atoms. The second kappa shape index (κ2) is 4.83. The highest BCUT2D eigenvalue weighted by Gasteiger charge is 2.16. The molecule has 0 aromatic carbocycles. The Bertz CT molecular complexity index is 834. The van der Waals surface area contributed by atoms with E-state index in [-0.39, 0.29) is 5.56 Å². The molecule has 3 aromatic heterocycles. The van der Waals surface area contributed by atoms with Gasteiger partial charge in [0.1, 0.15) is 10.7 Å². The van der Waals surface area contributed by atoms with Crippen molar-refractivity contribution in [3.05, 3.63) is 46.3 Å². The molecule has 0 unspecified atom stereocenters. The van der Waals surface area contributed by atoms with E-state index in [1.807, 2.05) is 32.9 Å². The number of pyridine rings is 1. The summed E-state index contributed by atoms with van der Waals surface area (Å²) in [5, 5.41) is 0.745. The standard InChI is InChI=1S/C15H15N3OS/c1-4-18-10(3)17-14-12(15(18)19)9(2)13(20-14)11-5-7-16-8-6-11/h5-8H,4H2,1-3H3. The van der Waals surface area contributed by atoms with Gasteiger partial charge in [0.2, 0.25) is 0 Å². The van der Waals surface area contributed by atoms with Crippen molar-refractivity contribution in [2.75, 3.05) is 0 Å². The molecule has 0 aliphatic rings. The molecule has 102 valence electrons. The van der Waals surface area contributed by atoms with Crippen molar-refractivity contribution < 1.29 is 0 Å². The molecule has 3 aromatic rings. The Kier molecular flexibility index (Phi) is 3.14. The van der Waals surface area contributed by atoms with Crippen LogP contribution < -0.4 is 5.56 Å². The molecule has 0 amide bonds. The third-order valence-corrected chi connectivity index (χ3v) is 4.73. The summed E-state index contributed by atoms with van der Waals surface area (Å²) in [4.78, 5) is 23.1. The third-order valence-electron chi connectivity index (χ3n) is 3.50. The number of hydrogen-bond donors (Lipinski definition) is 0. The molecule has 0 atom stereocenters. The maximum absolute atomic E-state index is 12.6. The SMILES string of the molecule is CCn1c(C)nc2sc(-c3ccncc3)c(C)c2c1=O. The molecular weight excluding hydrogens is 270 g/mol. The Hall–Kier alpha value is -2.01. The highest BCUT2D eigenvalue weighted by molar-refractivity contribution is 7.22. The van der Waals surface area contributed by atoms with Gasteiger partial charge in [0, 0.05) is 23.8 Å². The molecule has 0 saturated carbocycles. The fourth-order valence-corrected chi connectivity index (χ4v) is 3.69. The predicted octanol–water partition coefficient (Wildman–Crippen LogP) is 3.16. The number of thiophene rings is 1. The Labute approximate surface area is 120 Å². The molecule has 3 heterocycles. The molecule has 3 rings (SSSR count). The Morgan fingerprint density at radius 1 is 1.25 bits per heavy atom. The van der Waals surface area contributed by atoms with Gasteiger partial charge in [0.25, 0.3) is 5.56 Å². The smallest absolute Gasteiger partial charge is 0.262 e. The largest absolute Gasteiger partial charge is 0.297 e. The Morgan fingerprint density at radius 2 is 1.95 bits per heavy atom. The Balaban J connectivity index is 2.37. The summed E-state index contributed by atoms with van der Waals surface area (Å²) in [7, 11) is 0. The quantitative estimate of drug-likeness (QED) is 0.726. The van der Waals surface area contributed by atoms with Crippen molar-refractivity contribution in [2.45, 2.75) is 27.3 Å². The minimum Gasteiger partial charge on any atom is -0.297 e. The highest BCUT2D eigenvalue weighted by atomic mass is 32.1. The van der Waals surface area contributed by atoms with Crippen molar-refractivity contribution in [3.8, 4) is 10.4 Å². The zero-order valence-electron chi connectivity index (χ0n) is 11.7. The zero-order valence-corrected chi connectivity index (χ0v) is 12.5. The maximum Gasteiger partial charge on any atom is 0.262 e. The fourth-order valence-electron chi connectivity index (χ4n) is 2.47. The molecule has 5 heteroatoms. The van der Waals surface area contributed by atoms with Crippen LogP contribution in [0, 0.1) is 13.8 Å². The number of aromatic nitrogens is 3. The van der Waals surface area contributed by atoms with E-state index in [2.05, 4.69) is 9.97 Å². The first-order chi connectivity index (χ1) is 9.63. The summed E-state index contributed by atoms with van der Waals surface area (Å²) in [6, 6.07) is 3.92. The topological polar surface area (TPSA) is 47.8 Å². The minimum atomic E-state index is 0.0593. The zero-order chi connectivity index (χ0) is 14.3. The van der Waals surface area contributed by atoms with E-state index in [1.165, 1.54) is 0 Å². The summed E-state index contributed by atoms with van der Waals surface area (Å²) >= 11 is 1.57. The van der Waals surface area contributed by atoms with E-state index in [0.717, 1.165) is 32.0 Å². The van der Waals surface area contributed by atoms with E-state index in [4.69, 9.17) is 0 Å². The van der Waals surface area contributed by atoms with Gasteiger partial charge in [0.05, 0.1) is 5.39 Å². The fraction of sp³-hybridized carbons (Fsp3) is 0.267. The van der Waals surface area contributed by atoms with Crippen LogP contribution in [0.4, 0.5) is 0 Å². The number of rotatable bonds is 2. The number of nitrogens with zero attached hydrogens (tertiary/aromatic N) is 3. The monoisotopic (exact) mass is 285 g/mol. The van der Waals surface area contributed by atoms with E-state index < -0.39 is 0 Å². The molecule has 0 radical (unpaired) electrons. The molecule has 4 nitrogen and oxygen atoms in total. The number of aryl methyl sites for hydroxylation is 2. The second-order valence-corrected chi connectivity index (χ2v) is 5.68. The van der Waals surface area contributed by atoms with Crippen molar-refractivity contribution in [1.82, 2.24) is 14.5 Å². The minimum absolute atomic E-state index is 0.0593. The lowest BCUT2D eigenvalue weighted by atomic mass is 10.1. The van der Waals surface area contributed by atoms with Gasteiger partial charge in [0.15, 0.2) is 0 Å². The van der Waals surface area contributed by atoms with Crippen LogP contribution >= 0.6 is 11.3 Å². The highest BCUT2D eigenvalue weighted by Crippen LogP contribution is 2.35. The van der Waals surface area contributed by atoms with Crippen LogP contribution in [0.1, 0.15) is 18.3 Å². The van der Waals surface area contributed by atoms with Gasteiger partial charge < -0.3 is 0 Å². The van der Waals surface area contributed by atoms with Gasteiger partial charge in [-0.1, -0.05) is 0 Å². The van der Waals surface area contributed by atoms with E-state index in [9.17, 15) is 4.79 Å². The average Bonchev–Trinajstić information content (AvgIpc) is 2.77. The van der Waals surface area contributed by atoms with Crippen molar-refractivity contribution in [2.24, 2.45) is 0 Å². The van der Waals surface area contributed by atoms with Crippen LogP contribution in [0.15, 0.2) is 29.3 Å². The number of fused-ring (bicyclic) bond motifs is 1. The first-order valence-electron chi connectivity index (χ1n) is 6.54. The van der Waals surface area contributed by atoms with Crippen LogP contribution in [0.2, 0.25) is 0 Å². The van der Waals surface area contributed by atoms with Crippen LogP contribution in [0.5, 0.6) is 0 Å². The summed E-state index contributed by atoms with van der Waals surface area (Å²) in [5.41, 5.74) is 2.15. The molecule has 0 bridgehead atoms. The van der Waals surface area contributed by atoms with Crippen LogP contribution in [0.3, 0.4) is 0 Å². The van der Waals surface area contributed by atoms with Gasteiger partial charge in [-0.25, -0.2) is 4.98 Å². The second-order valence-electron chi connectivity index (χ2n) is 4.68. The van der Waals surface area contributed by atoms with E-state index >= 15 is 0 Å². The molecule has 0 aliphatic heterocycles. The summed E-state index contributed by atoms with van der Waals surface area (Å²) < 4.78 is 1.72. The van der Waals surface area contributed by atoms with Crippen molar-refractivity contribution in [3.63, 3.8) is 0 Å². The normalized spacial score (nSPS) is 11.2. The molecule has 0 spiro atoms. The molecule has 0 fully saturated rings. The molecule has 0 saturated heterocycles. The van der Waals surface area contributed by atoms with Gasteiger partial charge in [-0.3, -0.25) is 14.3 Å². The Morgan fingerprint density at radius 3 is 2.60 bits per heavy atom. The average molecular weight is 285 g/mol. The van der Waals surface area contributed by atoms with E-state index in [1.54, 1.807) is 28.3 Å². The van der Waals surface area contributed by atoms with Crippen LogP contribution in [-0.4, -0.2) is 14.5 Å². The number of hydrogen-bond acceptors (Lipinski definition) is 4. The maximum atomic E-state index is 12.6.